The number of aryl methyl sites for hydroxylation is 1. The van der Waals surface area contributed by atoms with Crippen LogP contribution in [0, 0.1) is 0 Å². The van der Waals surface area contributed by atoms with Crippen LogP contribution in [0.2, 0.25) is 0 Å². The minimum Gasteiger partial charge on any atom is -0.481 e. The Labute approximate surface area is 173 Å². The third kappa shape index (κ3) is 11.2. The van der Waals surface area contributed by atoms with Gasteiger partial charge in [-0.15, -0.1) is 0 Å². The van der Waals surface area contributed by atoms with Gasteiger partial charge in [0.1, 0.15) is 5.69 Å². The van der Waals surface area contributed by atoms with Gasteiger partial charge in [0.2, 0.25) is 0 Å². The molecule has 1 aromatic heterocycles. The van der Waals surface area contributed by atoms with Crippen molar-refractivity contribution in [2.45, 2.75) is 32.2 Å². The maximum Gasteiger partial charge on any atom is 0.490 e. The molecule has 0 aliphatic heterocycles. The highest BCUT2D eigenvalue weighted by molar-refractivity contribution is 8.76. The standard InChI is InChI=1S/C12H16F3N3O3S2.C2HF3O2/c1-2-18-9(12(13,14)15)7-8(17-18)11(21)16-4-6-23-22-5-3-10(19)20;3-2(4,5)1(6)7/h7H,2-6H2,1H3,(H,16,21)(H,19,20);(H,6,7). The van der Waals surface area contributed by atoms with Crippen molar-refractivity contribution in [2.75, 3.05) is 18.1 Å². The van der Waals surface area contributed by atoms with E-state index >= 15 is 0 Å². The zero-order valence-corrected chi connectivity index (χ0v) is 16.8. The molecule has 3 N–H and O–H groups in total. The van der Waals surface area contributed by atoms with E-state index in [1.165, 1.54) is 28.5 Å². The molecule has 0 saturated carbocycles. The van der Waals surface area contributed by atoms with Crippen LogP contribution in [0.25, 0.3) is 0 Å². The Hall–Kier alpha value is -2.10. The maximum absolute atomic E-state index is 12.8. The summed E-state index contributed by atoms with van der Waals surface area (Å²) in [7, 11) is 2.74. The highest BCUT2D eigenvalue weighted by Gasteiger charge is 2.38. The van der Waals surface area contributed by atoms with Crippen LogP contribution < -0.4 is 5.32 Å². The Morgan fingerprint density at radius 3 is 2.03 bits per heavy atom. The summed E-state index contributed by atoms with van der Waals surface area (Å²) < 4.78 is 70.7. The molecule has 0 bridgehead atoms. The molecule has 16 heteroatoms. The van der Waals surface area contributed by atoms with Gasteiger partial charge < -0.3 is 15.5 Å². The van der Waals surface area contributed by atoms with Gasteiger partial charge in [-0.25, -0.2) is 4.79 Å². The Morgan fingerprint density at radius 2 is 1.63 bits per heavy atom. The number of carbonyl (C=O) groups is 3. The van der Waals surface area contributed by atoms with Gasteiger partial charge in [0.25, 0.3) is 5.91 Å². The molecule has 0 radical (unpaired) electrons. The predicted molar refractivity (Wildman–Crippen MR) is 96.1 cm³/mol. The minimum absolute atomic E-state index is 0.0121. The van der Waals surface area contributed by atoms with Crippen molar-refractivity contribution in [1.82, 2.24) is 15.1 Å². The Kier molecular flexibility index (Phi) is 11.7. The first-order valence-electron chi connectivity index (χ1n) is 7.89. The van der Waals surface area contributed by atoms with Crippen molar-refractivity contribution < 1.29 is 50.9 Å². The van der Waals surface area contributed by atoms with E-state index < -0.39 is 35.9 Å². The fraction of sp³-hybridized carbons (Fsp3) is 0.571. The maximum atomic E-state index is 12.8. The summed E-state index contributed by atoms with van der Waals surface area (Å²) in [5.74, 6) is -3.34. The monoisotopic (exact) mass is 485 g/mol. The summed E-state index contributed by atoms with van der Waals surface area (Å²) in [4.78, 5) is 31.0. The molecule has 30 heavy (non-hydrogen) atoms. The summed E-state index contributed by atoms with van der Waals surface area (Å²) in [6.07, 6.45) is -9.59. The van der Waals surface area contributed by atoms with Crippen molar-refractivity contribution >= 4 is 39.4 Å². The predicted octanol–water partition coefficient (Wildman–Crippen LogP) is 3.14. The fourth-order valence-corrected chi connectivity index (χ4v) is 3.43. The van der Waals surface area contributed by atoms with Crippen LogP contribution >= 0.6 is 21.6 Å². The second-order valence-corrected chi connectivity index (χ2v) is 7.78. The third-order valence-corrected chi connectivity index (χ3v) is 5.21. The van der Waals surface area contributed by atoms with Crippen LogP contribution in [-0.4, -0.2) is 62.1 Å². The molecule has 0 fully saturated rings. The molecule has 0 atom stereocenters. The molecule has 0 aromatic carbocycles. The molecular weight excluding hydrogens is 468 g/mol. The van der Waals surface area contributed by atoms with Crippen LogP contribution in [0.5, 0.6) is 0 Å². The van der Waals surface area contributed by atoms with Crippen LogP contribution in [0.3, 0.4) is 0 Å². The number of amides is 1. The zero-order chi connectivity index (χ0) is 23.5. The van der Waals surface area contributed by atoms with Crippen molar-refractivity contribution in [2.24, 2.45) is 0 Å². The van der Waals surface area contributed by atoms with Gasteiger partial charge in [-0.1, -0.05) is 21.6 Å². The van der Waals surface area contributed by atoms with E-state index in [2.05, 4.69) is 10.4 Å². The number of rotatable bonds is 9. The smallest absolute Gasteiger partial charge is 0.481 e. The van der Waals surface area contributed by atoms with Crippen LogP contribution in [0.15, 0.2) is 6.07 Å². The third-order valence-electron chi connectivity index (χ3n) is 2.80. The first-order valence-corrected chi connectivity index (χ1v) is 10.4. The highest BCUT2D eigenvalue weighted by Crippen LogP contribution is 2.29. The number of halogens is 6. The van der Waals surface area contributed by atoms with E-state index in [9.17, 15) is 35.9 Å². The van der Waals surface area contributed by atoms with Gasteiger partial charge >= 0.3 is 24.3 Å². The number of hydrogen-bond donors (Lipinski definition) is 3. The number of aromatic nitrogens is 2. The molecule has 172 valence electrons. The second-order valence-electron chi connectivity index (χ2n) is 5.07. The van der Waals surface area contributed by atoms with Gasteiger partial charge in [-0.05, 0) is 6.92 Å². The van der Waals surface area contributed by atoms with Crippen molar-refractivity contribution in [3.63, 3.8) is 0 Å². The van der Waals surface area contributed by atoms with Crippen LogP contribution in [0.1, 0.15) is 29.5 Å². The number of carboxylic acid groups (broad SMARTS) is 2. The van der Waals surface area contributed by atoms with E-state index in [1.54, 1.807) is 0 Å². The number of hydrogen-bond acceptors (Lipinski definition) is 6. The Bertz CT molecular complexity index is 724. The highest BCUT2D eigenvalue weighted by atomic mass is 33.1. The van der Waals surface area contributed by atoms with Crippen molar-refractivity contribution in [3.05, 3.63) is 17.5 Å². The van der Waals surface area contributed by atoms with Crippen LogP contribution in [0.4, 0.5) is 26.3 Å². The lowest BCUT2D eigenvalue weighted by molar-refractivity contribution is -0.192. The van der Waals surface area contributed by atoms with Gasteiger partial charge in [-0.2, -0.15) is 31.4 Å². The van der Waals surface area contributed by atoms with Gasteiger partial charge in [0, 0.05) is 30.7 Å². The average molecular weight is 485 g/mol. The van der Waals surface area contributed by atoms with E-state index in [4.69, 9.17) is 15.0 Å². The number of nitrogens with one attached hydrogen (secondary N) is 1. The summed E-state index contributed by atoms with van der Waals surface area (Å²) in [5, 5.41) is 21.7. The number of aliphatic carboxylic acids is 2. The second kappa shape index (κ2) is 12.6. The van der Waals surface area contributed by atoms with Crippen molar-refractivity contribution in [3.8, 4) is 0 Å². The Morgan fingerprint density at radius 1 is 1.10 bits per heavy atom. The summed E-state index contributed by atoms with van der Waals surface area (Å²) in [5.41, 5.74) is -1.23. The minimum atomic E-state index is -5.08. The number of carbonyl (C=O) groups excluding carboxylic acids is 1. The fourth-order valence-electron chi connectivity index (χ4n) is 1.54. The molecule has 0 aliphatic carbocycles. The Balaban J connectivity index is 0.00000103. The summed E-state index contributed by atoms with van der Waals surface area (Å²) in [6.45, 7) is 1.77. The van der Waals surface area contributed by atoms with Gasteiger partial charge in [-0.3, -0.25) is 14.3 Å². The molecular formula is C14H17F6N3O5S2. The lowest BCUT2D eigenvalue weighted by Gasteiger charge is -2.06. The van der Waals surface area contributed by atoms with E-state index in [0.29, 0.717) is 11.5 Å². The lowest BCUT2D eigenvalue weighted by Crippen LogP contribution is -2.26. The summed E-state index contributed by atoms with van der Waals surface area (Å²) in [6, 6.07) is 0.730. The normalized spacial score (nSPS) is 11.4. The first kappa shape index (κ1) is 27.9. The van der Waals surface area contributed by atoms with Crippen LogP contribution in [-0.2, 0) is 22.3 Å². The van der Waals surface area contributed by atoms with E-state index in [-0.39, 0.29) is 25.2 Å². The molecule has 0 aliphatic rings. The molecule has 1 heterocycles. The molecule has 0 unspecified atom stereocenters. The van der Waals surface area contributed by atoms with E-state index in [1.807, 2.05) is 0 Å². The molecule has 1 amide bonds. The van der Waals surface area contributed by atoms with Gasteiger partial charge in [0.15, 0.2) is 5.69 Å². The molecule has 0 spiro atoms. The summed E-state index contributed by atoms with van der Waals surface area (Å²) >= 11 is 0. The zero-order valence-electron chi connectivity index (χ0n) is 15.2. The molecule has 1 rings (SSSR count). The van der Waals surface area contributed by atoms with E-state index in [0.717, 1.165) is 10.7 Å². The SMILES string of the molecule is CCn1nc(C(=O)NCCSSCCC(=O)O)cc1C(F)(F)F.O=C(O)C(F)(F)F. The van der Waals surface area contributed by atoms with Gasteiger partial charge in [0.05, 0.1) is 6.42 Å². The molecule has 8 nitrogen and oxygen atoms in total. The number of carboxylic acids is 2. The number of nitrogens with zero attached hydrogens (tertiary/aromatic N) is 2. The quantitative estimate of drug-likeness (QED) is 0.277. The lowest BCUT2D eigenvalue weighted by atomic mass is 10.3. The number of alkyl halides is 6. The topological polar surface area (TPSA) is 122 Å². The average Bonchev–Trinajstić information content (AvgIpc) is 3.05. The molecule has 1 aromatic rings. The largest absolute Gasteiger partial charge is 0.490 e. The van der Waals surface area contributed by atoms with Crippen molar-refractivity contribution in [1.29, 1.82) is 0 Å². The molecule has 0 saturated heterocycles. The first-order chi connectivity index (χ1) is 13.7.